The smallest absolute Gasteiger partial charge is 0.417 e. The lowest BCUT2D eigenvalue weighted by molar-refractivity contribution is 0.109. The highest BCUT2D eigenvalue weighted by Gasteiger charge is 2.22. The summed E-state index contributed by atoms with van der Waals surface area (Å²) >= 11 is 0. The Morgan fingerprint density at radius 3 is 2.74 bits per heavy atom. The predicted molar refractivity (Wildman–Crippen MR) is 103 cm³/mol. The molecule has 0 saturated carbocycles. The van der Waals surface area contributed by atoms with Crippen LogP contribution in [0.2, 0.25) is 0 Å². The van der Waals surface area contributed by atoms with E-state index in [-0.39, 0.29) is 0 Å². The van der Waals surface area contributed by atoms with Crippen LogP contribution >= 0.6 is 0 Å². The van der Waals surface area contributed by atoms with Gasteiger partial charge in [-0.15, -0.1) is 0 Å². The van der Waals surface area contributed by atoms with Gasteiger partial charge in [-0.3, -0.25) is 9.88 Å². The molecule has 7 nitrogen and oxygen atoms in total. The predicted octanol–water partition coefficient (Wildman–Crippen LogP) is 1.99. The van der Waals surface area contributed by atoms with Crippen molar-refractivity contribution in [1.29, 1.82) is 0 Å². The molecule has 0 bridgehead atoms. The van der Waals surface area contributed by atoms with Crippen molar-refractivity contribution >= 4 is 16.8 Å². The Kier molecular flexibility index (Phi) is 4.87. The number of aromatic nitrogens is 1. The number of benzene rings is 2. The molecule has 1 aromatic heterocycles. The number of hydrogen-bond acceptors (Lipinski definition) is 6. The van der Waals surface area contributed by atoms with Gasteiger partial charge in [0.25, 0.3) is 0 Å². The minimum absolute atomic E-state index is 0.470. The minimum atomic E-state index is -0.632. The first kappa shape index (κ1) is 17.6. The van der Waals surface area contributed by atoms with Crippen molar-refractivity contribution < 1.29 is 14.3 Å². The van der Waals surface area contributed by atoms with E-state index < -0.39 is 11.9 Å². The Morgan fingerprint density at radius 1 is 1.19 bits per heavy atom. The van der Waals surface area contributed by atoms with E-state index >= 15 is 0 Å². The summed E-state index contributed by atoms with van der Waals surface area (Å²) in [6.07, 6.45) is -0.632. The summed E-state index contributed by atoms with van der Waals surface area (Å²) in [4.78, 5) is 18.4. The summed E-state index contributed by atoms with van der Waals surface area (Å²) in [6, 6.07) is 13.3. The van der Waals surface area contributed by atoms with Crippen molar-refractivity contribution in [3.05, 3.63) is 58.6 Å². The molecule has 1 aliphatic heterocycles. The Hall–Kier alpha value is -2.77. The highest BCUT2D eigenvalue weighted by molar-refractivity contribution is 5.72. The van der Waals surface area contributed by atoms with Gasteiger partial charge < -0.3 is 19.2 Å². The lowest BCUT2D eigenvalue weighted by atomic mass is 10.1. The molecule has 0 unspecified atom stereocenters. The zero-order chi connectivity index (χ0) is 18.8. The van der Waals surface area contributed by atoms with Crippen LogP contribution in [-0.2, 0) is 0 Å². The van der Waals surface area contributed by atoms with Crippen LogP contribution in [0.3, 0.4) is 0 Å². The third-order valence-corrected chi connectivity index (χ3v) is 5.06. The molecular formula is C20H23N3O4. The molecular weight excluding hydrogens is 346 g/mol. The molecule has 1 saturated heterocycles. The molecule has 27 heavy (non-hydrogen) atoms. The van der Waals surface area contributed by atoms with Gasteiger partial charge >= 0.3 is 5.76 Å². The molecule has 2 N–H and O–H groups in total. The second kappa shape index (κ2) is 7.46. The number of ether oxygens (including phenoxy) is 1. The monoisotopic (exact) mass is 369 g/mol. The van der Waals surface area contributed by atoms with Crippen molar-refractivity contribution in [2.24, 2.45) is 0 Å². The molecule has 1 aliphatic rings. The number of aliphatic hydroxyl groups excluding tert-OH is 1. The summed E-state index contributed by atoms with van der Waals surface area (Å²) in [5.41, 5.74) is 2.96. The third-order valence-electron chi connectivity index (χ3n) is 5.06. The fourth-order valence-electron chi connectivity index (χ4n) is 3.58. The van der Waals surface area contributed by atoms with Crippen LogP contribution in [0.4, 0.5) is 5.69 Å². The molecule has 0 amide bonds. The van der Waals surface area contributed by atoms with E-state index in [0.29, 0.717) is 17.6 Å². The summed E-state index contributed by atoms with van der Waals surface area (Å²) in [7, 11) is 1.69. The van der Waals surface area contributed by atoms with Crippen LogP contribution in [0.1, 0.15) is 11.7 Å². The molecule has 1 atom stereocenters. The number of piperazine rings is 1. The van der Waals surface area contributed by atoms with Gasteiger partial charge in [0.05, 0.1) is 24.4 Å². The normalized spacial score (nSPS) is 16.6. The van der Waals surface area contributed by atoms with E-state index in [1.54, 1.807) is 19.2 Å². The molecule has 1 fully saturated rings. The lowest BCUT2D eigenvalue weighted by Crippen LogP contribution is -2.47. The first-order chi connectivity index (χ1) is 13.1. The molecule has 0 aliphatic carbocycles. The number of fused-ring (bicyclic) bond motifs is 1. The van der Waals surface area contributed by atoms with Crippen LogP contribution < -0.4 is 15.4 Å². The number of hydrogen-bond donors (Lipinski definition) is 2. The van der Waals surface area contributed by atoms with Gasteiger partial charge in [-0.25, -0.2) is 4.79 Å². The maximum Gasteiger partial charge on any atom is 0.417 e. The molecule has 2 heterocycles. The zero-order valence-electron chi connectivity index (χ0n) is 15.2. The number of methoxy groups -OCH3 is 1. The van der Waals surface area contributed by atoms with E-state index in [1.165, 1.54) is 0 Å². The molecule has 7 heteroatoms. The Morgan fingerprint density at radius 2 is 1.96 bits per heavy atom. The van der Waals surface area contributed by atoms with Crippen molar-refractivity contribution in [1.82, 2.24) is 9.88 Å². The maximum absolute atomic E-state index is 11.3. The van der Waals surface area contributed by atoms with Gasteiger partial charge in [0.1, 0.15) is 5.75 Å². The Bertz CT molecular complexity index is 973. The van der Waals surface area contributed by atoms with E-state index in [9.17, 15) is 9.90 Å². The molecule has 142 valence electrons. The van der Waals surface area contributed by atoms with E-state index in [2.05, 4.69) is 20.9 Å². The van der Waals surface area contributed by atoms with Crippen LogP contribution in [0, 0.1) is 0 Å². The molecule has 0 radical (unpaired) electrons. The number of rotatable bonds is 5. The standard InChI is InChI=1S/C20H23N3O4/c1-26-18-5-3-2-4-16(18)23-10-8-22(9-11-23)13-17(24)14-6-7-15-19(12-14)27-20(25)21-15/h2-7,12,17,24H,8-11,13H2,1H3,(H,21,25)/t17-/m1/s1. The molecule has 3 aromatic rings. The van der Waals surface area contributed by atoms with Crippen molar-refractivity contribution in [3.63, 3.8) is 0 Å². The van der Waals surface area contributed by atoms with Crippen LogP contribution in [0.5, 0.6) is 5.75 Å². The Balaban J connectivity index is 1.38. The fraction of sp³-hybridized carbons (Fsp3) is 0.350. The zero-order valence-corrected chi connectivity index (χ0v) is 15.2. The fourth-order valence-corrected chi connectivity index (χ4v) is 3.58. The Labute approximate surface area is 156 Å². The maximum atomic E-state index is 11.3. The van der Waals surface area contributed by atoms with Crippen LogP contribution in [-0.4, -0.2) is 54.8 Å². The number of aromatic amines is 1. The number of para-hydroxylation sites is 2. The number of nitrogens with one attached hydrogen (secondary N) is 1. The summed E-state index contributed by atoms with van der Waals surface area (Å²) in [5.74, 6) is 0.399. The largest absolute Gasteiger partial charge is 0.495 e. The van der Waals surface area contributed by atoms with Crippen molar-refractivity contribution in [3.8, 4) is 5.75 Å². The number of β-amino-alcohol motifs (C(OH)–C–C–N with tert-alkyl or cyclic N) is 1. The van der Waals surface area contributed by atoms with Crippen LogP contribution in [0.25, 0.3) is 11.1 Å². The van der Waals surface area contributed by atoms with E-state index in [4.69, 9.17) is 9.15 Å². The van der Waals surface area contributed by atoms with Gasteiger partial charge in [0, 0.05) is 32.7 Å². The highest BCUT2D eigenvalue weighted by Crippen LogP contribution is 2.28. The van der Waals surface area contributed by atoms with Gasteiger partial charge in [-0.2, -0.15) is 0 Å². The van der Waals surface area contributed by atoms with E-state index in [0.717, 1.165) is 43.2 Å². The van der Waals surface area contributed by atoms with Crippen LogP contribution in [0.15, 0.2) is 51.7 Å². The number of aliphatic hydroxyl groups is 1. The highest BCUT2D eigenvalue weighted by atomic mass is 16.5. The minimum Gasteiger partial charge on any atom is -0.495 e. The molecule has 4 rings (SSSR count). The van der Waals surface area contributed by atoms with Crippen molar-refractivity contribution in [2.75, 3.05) is 44.7 Å². The van der Waals surface area contributed by atoms with Gasteiger partial charge in [0.2, 0.25) is 0 Å². The first-order valence-electron chi connectivity index (χ1n) is 9.05. The number of anilines is 1. The second-order valence-electron chi connectivity index (χ2n) is 6.75. The quantitative estimate of drug-likeness (QED) is 0.716. The van der Waals surface area contributed by atoms with Gasteiger partial charge in [-0.1, -0.05) is 18.2 Å². The third kappa shape index (κ3) is 3.70. The van der Waals surface area contributed by atoms with Crippen molar-refractivity contribution in [2.45, 2.75) is 6.10 Å². The summed E-state index contributed by atoms with van der Waals surface area (Å²) in [6.45, 7) is 4.00. The lowest BCUT2D eigenvalue weighted by Gasteiger charge is -2.37. The average molecular weight is 369 g/mol. The summed E-state index contributed by atoms with van der Waals surface area (Å²) < 4.78 is 10.5. The number of nitrogens with zero attached hydrogens (tertiary/aromatic N) is 2. The number of oxazole rings is 1. The van der Waals surface area contributed by atoms with Gasteiger partial charge in [0.15, 0.2) is 5.58 Å². The SMILES string of the molecule is COc1ccccc1N1CCN(C[C@@H](O)c2ccc3[nH]c(=O)oc3c2)CC1. The van der Waals surface area contributed by atoms with Gasteiger partial charge in [-0.05, 0) is 29.8 Å². The summed E-state index contributed by atoms with van der Waals surface area (Å²) in [5, 5.41) is 10.6. The number of H-pyrrole nitrogens is 1. The molecule has 2 aromatic carbocycles. The second-order valence-corrected chi connectivity index (χ2v) is 6.75. The first-order valence-corrected chi connectivity index (χ1v) is 9.05. The van der Waals surface area contributed by atoms with E-state index in [1.807, 2.05) is 24.3 Å². The molecule has 0 spiro atoms. The topological polar surface area (TPSA) is 81.9 Å². The average Bonchev–Trinajstić information content (AvgIpc) is 3.07.